The second-order valence-electron chi connectivity index (χ2n) is 3.22. The van der Waals surface area contributed by atoms with E-state index in [1.165, 1.54) is 18.5 Å². The Morgan fingerprint density at radius 1 is 1.47 bits per heavy atom. The van der Waals surface area contributed by atoms with Gasteiger partial charge in [0.2, 0.25) is 0 Å². The smallest absolute Gasteiger partial charge is 0.145 e. The van der Waals surface area contributed by atoms with Crippen molar-refractivity contribution in [2.75, 3.05) is 0 Å². The fourth-order valence-electron chi connectivity index (χ4n) is 1.46. The number of halogens is 1. The molecular weight excluding hydrogens is 195 g/mol. The summed E-state index contributed by atoms with van der Waals surface area (Å²) in [5.41, 5.74) is 7.12. The number of rotatable bonds is 2. The minimum absolute atomic E-state index is 0.259. The average Bonchev–Trinajstić information content (AvgIpc) is 2.65. The van der Waals surface area contributed by atoms with Crippen molar-refractivity contribution in [3.8, 4) is 5.69 Å². The summed E-state index contributed by atoms with van der Waals surface area (Å²) in [4.78, 5) is 4.01. The van der Waals surface area contributed by atoms with E-state index in [-0.39, 0.29) is 5.82 Å². The highest BCUT2D eigenvalue weighted by atomic mass is 19.1. The third-order valence-electron chi connectivity index (χ3n) is 2.19. The predicted molar refractivity (Wildman–Crippen MR) is 53.9 cm³/mol. The number of aromatic nitrogens is 3. The van der Waals surface area contributed by atoms with Crippen molar-refractivity contribution in [3.05, 3.63) is 41.7 Å². The zero-order chi connectivity index (χ0) is 10.8. The third kappa shape index (κ3) is 1.73. The summed E-state index contributed by atoms with van der Waals surface area (Å²) in [6.07, 6.45) is 1.44. The van der Waals surface area contributed by atoms with Gasteiger partial charge in [0.15, 0.2) is 0 Å². The molecule has 0 spiro atoms. The van der Waals surface area contributed by atoms with Gasteiger partial charge in [0, 0.05) is 0 Å². The first-order valence-corrected chi connectivity index (χ1v) is 4.58. The molecule has 0 aliphatic heterocycles. The van der Waals surface area contributed by atoms with Crippen LogP contribution in [0.15, 0.2) is 24.5 Å². The van der Waals surface area contributed by atoms with Crippen molar-refractivity contribution in [1.82, 2.24) is 14.8 Å². The minimum Gasteiger partial charge on any atom is -0.324 e. The van der Waals surface area contributed by atoms with Crippen LogP contribution in [0.1, 0.15) is 11.4 Å². The number of aryl methyl sites for hydroxylation is 1. The maximum Gasteiger partial charge on any atom is 0.145 e. The third-order valence-corrected chi connectivity index (χ3v) is 2.19. The Bertz CT molecular complexity index is 478. The van der Waals surface area contributed by atoms with Crippen molar-refractivity contribution in [1.29, 1.82) is 0 Å². The van der Waals surface area contributed by atoms with Gasteiger partial charge in [-0.05, 0) is 30.7 Å². The van der Waals surface area contributed by atoms with Crippen molar-refractivity contribution in [2.24, 2.45) is 5.73 Å². The Morgan fingerprint density at radius 2 is 2.27 bits per heavy atom. The molecule has 78 valence electrons. The van der Waals surface area contributed by atoms with Crippen LogP contribution in [-0.4, -0.2) is 14.8 Å². The first-order valence-electron chi connectivity index (χ1n) is 4.58. The van der Waals surface area contributed by atoms with Crippen LogP contribution in [-0.2, 0) is 6.54 Å². The van der Waals surface area contributed by atoms with Gasteiger partial charge in [-0.25, -0.2) is 14.1 Å². The molecule has 2 rings (SSSR count). The molecule has 2 aromatic rings. The molecule has 2 N–H and O–H groups in total. The lowest BCUT2D eigenvalue weighted by molar-refractivity contribution is 0.625. The van der Waals surface area contributed by atoms with Gasteiger partial charge in [-0.1, -0.05) is 0 Å². The Labute approximate surface area is 86.6 Å². The Kier molecular flexibility index (Phi) is 2.47. The molecule has 0 saturated heterocycles. The van der Waals surface area contributed by atoms with Gasteiger partial charge >= 0.3 is 0 Å². The van der Waals surface area contributed by atoms with Gasteiger partial charge in [0.05, 0.1) is 12.2 Å². The van der Waals surface area contributed by atoms with E-state index in [1.807, 2.05) is 6.92 Å². The molecule has 0 amide bonds. The number of benzene rings is 1. The van der Waals surface area contributed by atoms with E-state index in [1.54, 1.807) is 10.7 Å². The lowest BCUT2D eigenvalue weighted by atomic mass is 10.2. The largest absolute Gasteiger partial charge is 0.324 e. The van der Waals surface area contributed by atoms with Crippen molar-refractivity contribution >= 4 is 0 Å². The number of hydrogen-bond donors (Lipinski definition) is 1. The first-order chi connectivity index (χ1) is 7.22. The molecule has 0 aliphatic rings. The highest BCUT2D eigenvalue weighted by Gasteiger charge is 2.07. The van der Waals surface area contributed by atoms with E-state index in [2.05, 4.69) is 10.1 Å². The van der Waals surface area contributed by atoms with E-state index in [0.717, 1.165) is 11.3 Å². The molecule has 0 radical (unpaired) electrons. The van der Waals surface area contributed by atoms with E-state index in [9.17, 15) is 4.39 Å². The zero-order valence-electron chi connectivity index (χ0n) is 8.31. The van der Waals surface area contributed by atoms with Crippen LogP contribution >= 0.6 is 0 Å². The zero-order valence-corrected chi connectivity index (χ0v) is 8.31. The SMILES string of the molecule is Cc1cc(F)ccc1-n1ncnc1CN. The molecule has 1 aromatic carbocycles. The van der Waals surface area contributed by atoms with Crippen molar-refractivity contribution in [3.63, 3.8) is 0 Å². The summed E-state index contributed by atoms with van der Waals surface area (Å²) in [6, 6.07) is 4.51. The molecule has 0 fully saturated rings. The molecule has 0 unspecified atom stereocenters. The average molecular weight is 206 g/mol. The quantitative estimate of drug-likeness (QED) is 0.802. The maximum atomic E-state index is 12.9. The molecule has 1 heterocycles. The lowest BCUT2D eigenvalue weighted by Gasteiger charge is -2.07. The molecular formula is C10H11FN4. The molecule has 0 aliphatic carbocycles. The second-order valence-corrected chi connectivity index (χ2v) is 3.22. The standard InChI is InChI=1S/C10H11FN4/c1-7-4-8(11)2-3-9(7)15-10(5-12)13-6-14-15/h2-4,6H,5,12H2,1H3. The van der Waals surface area contributed by atoms with Gasteiger partial charge < -0.3 is 5.73 Å². The Hall–Kier alpha value is -1.75. The Balaban J connectivity index is 2.54. The highest BCUT2D eigenvalue weighted by molar-refractivity contribution is 5.40. The van der Waals surface area contributed by atoms with Crippen LogP contribution in [0.25, 0.3) is 5.69 Å². The van der Waals surface area contributed by atoms with E-state index in [4.69, 9.17) is 5.73 Å². The highest BCUT2D eigenvalue weighted by Crippen LogP contribution is 2.15. The van der Waals surface area contributed by atoms with Gasteiger partial charge in [0.1, 0.15) is 18.0 Å². The Morgan fingerprint density at radius 3 is 2.93 bits per heavy atom. The summed E-state index contributed by atoms with van der Waals surface area (Å²) >= 11 is 0. The molecule has 0 atom stereocenters. The van der Waals surface area contributed by atoms with Crippen LogP contribution in [0.2, 0.25) is 0 Å². The second kappa shape index (κ2) is 3.78. The number of nitrogens with zero attached hydrogens (tertiary/aromatic N) is 3. The predicted octanol–water partition coefficient (Wildman–Crippen LogP) is 1.17. The van der Waals surface area contributed by atoms with Gasteiger partial charge in [-0.2, -0.15) is 5.10 Å². The monoisotopic (exact) mass is 206 g/mol. The van der Waals surface area contributed by atoms with E-state index in [0.29, 0.717) is 12.4 Å². The van der Waals surface area contributed by atoms with Crippen LogP contribution in [0.4, 0.5) is 4.39 Å². The van der Waals surface area contributed by atoms with Gasteiger partial charge in [-0.3, -0.25) is 0 Å². The lowest BCUT2D eigenvalue weighted by Crippen LogP contribution is -2.09. The summed E-state index contributed by atoms with van der Waals surface area (Å²) in [5.74, 6) is 0.398. The summed E-state index contributed by atoms with van der Waals surface area (Å²) in [5, 5.41) is 4.05. The van der Waals surface area contributed by atoms with Crippen LogP contribution in [0.5, 0.6) is 0 Å². The van der Waals surface area contributed by atoms with Gasteiger partial charge in [-0.15, -0.1) is 0 Å². The summed E-state index contributed by atoms with van der Waals surface area (Å²) < 4.78 is 14.5. The minimum atomic E-state index is -0.259. The van der Waals surface area contributed by atoms with Gasteiger partial charge in [0.25, 0.3) is 0 Å². The maximum absolute atomic E-state index is 12.9. The van der Waals surface area contributed by atoms with Crippen molar-refractivity contribution < 1.29 is 4.39 Å². The first kappa shape index (κ1) is 9.79. The molecule has 15 heavy (non-hydrogen) atoms. The normalized spacial score (nSPS) is 10.6. The molecule has 1 aromatic heterocycles. The van der Waals surface area contributed by atoms with Crippen LogP contribution in [0.3, 0.4) is 0 Å². The van der Waals surface area contributed by atoms with Crippen LogP contribution < -0.4 is 5.73 Å². The topological polar surface area (TPSA) is 56.7 Å². The molecule has 0 bridgehead atoms. The molecule has 4 nitrogen and oxygen atoms in total. The van der Waals surface area contributed by atoms with Crippen LogP contribution in [0, 0.1) is 12.7 Å². The summed E-state index contributed by atoms with van der Waals surface area (Å²) in [6.45, 7) is 2.12. The fourth-order valence-corrected chi connectivity index (χ4v) is 1.46. The summed E-state index contributed by atoms with van der Waals surface area (Å²) in [7, 11) is 0. The van der Waals surface area contributed by atoms with E-state index >= 15 is 0 Å². The number of hydrogen-bond acceptors (Lipinski definition) is 3. The molecule has 0 saturated carbocycles. The number of nitrogens with two attached hydrogens (primary N) is 1. The van der Waals surface area contributed by atoms with Crippen molar-refractivity contribution in [2.45, 2.75) is 13.5 Å². The fraction of sp³-hybridized carbons (Fsp3) is 0.200. The molecule has 5 heteroatoms. The van der Waals surface area contributed by atoms with E-state index < -0.39 is 0 Å².